The maximum atomic E-state index is 11.7. The number of nitrogens with zero attached hydrogens (tertiary/aromatic N) is 1. The molecule has 2 heterocycles. The lowest BCUT2D eigenvalue weighted by Gasteiger charge is -2.16. The van der Waals surface area contributed by atoms with Crippen molar-refractivity contribution in [3.05, 3.63) is 45.8 Å². The molecule has 3 atom stereocenters. The van der Waals surface area contributed by atoms with E-state index in [4.69, 9.17) is 14.5 Å². The van der Waals surface area contributed by atoms with Crippen LogP contribution in [0.1, 0.15) is 12.6 Å². The van der Waals surface area contributed by atoms with Crippen LogP contribution in [0.25, 0.3) is 0 Å². The summed E-state index contributed by atoms with van der Waals surface area (Å²) >= 11 is 0. The van der Waals surface area contributed by atoms with Crippen molar-refractivity contribution in [2.45, 2.75) is 18.8 Å². The van der Waals surface area contributed by atoms with Crippen molar-refractivity contribution in [3.8, 4) is 0 Å². The maximum Gasteiger partial charge on any atom is 0.469 e. The first-order valence-corrected chi connectivity index (χ1v) is 7.63. The lowest BCUT2D eigenvalue weighted by molar-refractivity contribution is -0.0290. The highest BCUT2D eigenvalue weighted by Crippen LogP contribution is 2.39. The van der Waals surface area contributed by atoms with Crippen LogP contribution in [0.2, 0.25) is 0 Å². The molecule has 1 saturated heterocycles. The molecule has 2 rings (SSSR count). The molecule has 21 heavy (non-hydrogen) atoms. The third kappa shape index (κ3) is 3.99. The molecule has 1 aromatic rings. The molecule has 3 unspecified atom stereocenters. The minimum Gasteiger partial charge on any atom is -0.352 e. The van der Waals surface area contributed by atoms with Crippen LogP contribution in [0.3, 0.4) is 0 Å². The van der Waals surface area contributed by atoms with Crippen LogP contribution in [-0.4, -0.2) is 32.0 Å². The second-order valence-corrected chi connectivity index (χ2v) is 5.81. The predicted molar refractivity (Wildman–Crippen MR) is 71.5 cm³/mol. The molecular weight excluding hydrogens is 303 g/mol. The summed E-state index contributed by atoms with van der Waals surface area (Å²) in [6, 6.07) is 1.19. The molecule has 1 aromatic heterocycles. The summed E-state index contributed by atoms with van der Waals surface area (Å²) in [5.41, 5.74) is -1.14. The van der Waals surface area contributed by atoms with Gasteiger partial charge in [-0.05, 0) is 0 Å². The quantitative estimate of drug-likeness (QED) is 0.503. The number of rotatable bonds is 5. The molecular formula is C11H15N2O7P. The van der Waals surface area contributed by atoms with Gasteiger partial charge >= 0.3 is 13.5 Å². The fourth-order valence-electron chi connectivity index (χ4n) is 2.16. The number of H-pyrrole nitrogens is 1. The number of nitrogens with one attached hydrogen (secondary N) is 1. The zero-order valence-corrected chi connectivity index (χ0v) is 11.8. The van der Waals surface area contributed by atoms with Crippen molar-refractivity contribution >= 4 is 7.82 Å². The number of ether oxygens (including phenoxy) is 1. The zero-order valence-electron chi connectivity index (χ0n) is 10.9. The average Bonchev–Trinajstić information content (AvgIpc) is 2.78. The Morgan fingerprint density at radius 1 is 1.57 bits per heavy atom. The third-order valence-corrected chi connectivity index (χ3v) is 3.64. The smallest absolute Gasteiger partial charge is 0.352 e. The third-order valence-electron chi connectivity index (χ3n) is 3.15. The van der Waals surface area contributed by atoms with Crippen LogP contribution >= 0.6 is 7.82 Å². The SMILES string of the molecule is C=CC1CC(n2ccc(=O)[nH]c2=O)OC1COP(=O)(O)O. The molecule has 1 aliphatic rings. The molecule has 0 spiro atoms. The van der Waals surface area contributed by atoms with Crippen molar-refractivity contribution in [3.63, 3.8) is 0 Å². The summed E-state index contributed by atoms with van der Waals surface area (Å²) in [6.45, 7) is 3.30. The molecule has 0 radical (unpaired) electrons. The largest absolute Gasteiger partial charge is 0.469 e. The van der Waals surface area contributed by atoms with E-state index in [1.54, 1.807) is 6.08 Å². The first kappa shape index (κ1) is 15.9. The Kier molecular flexibility index (Phi) is 4.60. The van der Waals surface area contributed by atoms with Crippen LogP contribution in [0.15, 0.2) is 34.5 Å². The number of hydrogen-bond donors (Lipinski definition) is 3. The van der Waals surface area contributed by atoms with Crippen LogP contribution < -0.4 is 11.2 Å². The Bertz CT molecular complexity index is 676. The molecule has 1 aliphatic heterocycles. The lowest BCUT2D eigenvalue weighted by Crippen LogP contribution is -2.31. The van der Waals surface area contributed by atoms with Gasteiger partial charge in [0, 0.05) is 24.6 Å². The molecule has 0 saturated carbocycles. The maximum absolute atomic E-state index is 11.7. The van der Waals surface area contributed by atoms with E-state index in [1.165, 1.54) is 16.8 Å². The van der Waals surface area contributed by atoms with Gasteiger partial charge in [-0.3, -0.25) is 18.9 Å². The second-order valence-electron chi connectivity index (χ2n) is 4.57. The Balaban J connectivity index is 2.14. The lowest BCUT2D eigenvalue weighted by atomic mass is 10.0. The van der Waals surface area contributed by atoms with Gasteiger partial charge in [-0.25, -0.2) is 9.36 Å². The normalized spacial score (nSPS) is 25.9. The van der Waals surface area contributed by atoms with Gasteiger partial charge in [0.1, 0.15) is 6.23 Å². The second kappa shape index (κ2) is 6.08. The van der Waals surface area contributed by atoms with Crippen molar-refractivity contribution in [1.29, 1.82) is 0 Å². The summed E-state index contributed by atoms with van der Waals surface area (Å²) in [4.78, 5) is 42.2. The molecule has 1 fully saturated rings. The Hall–Kier alpha value is -1.51. The van der Waals surface area contributed by atoms with Gasteiger partial charge in [0.15, 0.2) is 0 Å². The van der Waals surface area contributed by atoms with Crippen LogP contribution in [0.5, 0.6) is 0 Å². The Labute approximate surface area is 119 Å². The Morgan fingerprint density at radius 3 is 2.86 bits per heavy atom. The summed E-state index contributed by atoms with van der Waals surface area (Å²) in [5.74, 6) is -0.236. The Morgan fingerprint density at radius 2 is 2.29 bits per heavy atom. The highest BCUT2D eigenvalue weighted by molar-refractivity contribution is 7.46. The van der Waals surface area contributed by atoms with Gasteiger partial charge in [0.05, 0.1) is 12.7 Å². The molecule has 0 aliphatic carbocycles. The van der Waals surface area contributed by atoms with E-state index in [-0.39, 0.29) is 12.5 Å². The van der Waals surface area contributed by atoms with Crippen LogP contribution in [0, 0.1) is 5.92 Å². The van der Waals surface area contributed by atoms with Gasteiger partial charge in [-0.1, -0.05) is 6.08 Å². The van der Waals surface area contributed by atoms with E-state index >= 15 is 0 Å². The summed E-state index contributed by atoms with van der Waals surface area (Å²) in [6.07, 6.45) is 1.95. The monoisotopic (exact) mass is 318 g/mol. The summed E-state index contributed by atoms with van der Waals surface area (Å²) in [7, 11) is -4.59. The molecule has 116 valence electrons. The summed E-state index contributed by atoms with van der Waals surface area (Å²) < 4.78 is 21.9. The van der Waals surface area contributed by atoms with E-state index in [2.05, 4.69) is 16.1 Å². The molecule has 9 nitrogen and oxygen atoms in total. The van der Waals surface area contributed by atoms with Gasteiger partial charge < -0.3 is 14.5 Å². The van der Waals surface area contributed by atoms with Crippen molar-refractivity contribution in [2.24, 2.45) is 5.92 Å². The topological polar surface area (TPSA) is 131 Å². The minimum absolute atomic E-state index is 0.236. The van der Waals surface area contributed by atoms with E-state index in [1.807, 2.05) is 0 Å². The zero-order chi connectivity index (χ0) is 15.6. The van der Waals surface area contributed by atoms with Gasteiger partial charge in [0.2, 0.25) is 0 Å². The predicted octanol–water partition coefficient (Wildman–Crippen LogP) is -0.264. The fourth-order valence-corrected chi connectivity index (χ4v) is 2.50. The van der Waals surface area contributed by atoms with Crippen molar-refractivity contribution < 1.29 is 23.6 Å². The number of phosphoric acid groups is 1. The van der Waals surface area contributed by atoms with E-state index in [9.17, 15) is 14.2 Å². The van der Waals surface area contributed by atoms with Crippen molar-refractivity contribution in [2.75, 3.05) is 6.61 Å². The minimum atomic E-state index is -4.59. The van der Waals surface area contributed by atoms with E-state index < -0.39 is 31.4 Å². The van der Waals surface area contributed by atoms with Crippen LogP contribution in [0.4, 0.5) is 0 Å². The van der Waals surface area contributed by atoms with Crippen LogP contribution in [-0.2, 0) is 13.8 Å². The fraction of sp³-hybridized carbons (Fsp3) is 0.455. The van der Waals surface area contributed by atoms with E-state index in [0.717, 1.165) is 0 Å². The van der Waals surface area contributed by atoms with Gasteiger partial charge in [-0.15, -0.1) is 6.58 Å². The standard InChI is InChI=1S/C11H15N2O7P/c1-2-7-5-10(13-4-3-9(14)12-11(13)15)20-8(7)6-19-21(16,17)18/h2-4,7-8,10H,1,5-6H2,(H,12,14,15)(H2,16,17,18). The van der Waals surface area contributed by atoms with Gasteiger partial charge in [0.25, 0.3) is 5.56 Å². The van der Waals surface area contributed by atoms with Gasteiger partial charge in [-0.2, -0.15) is 0 Å². The average molecular weight is 318 g/mol. The molecule has 0 bridgehead atoms. The number of aromatic amines is 1. The number of hydrogen-bond acceptors (Lipinski definition) is 5. The molecule has 0 amide bonds. The number of aromatic nitrogens is 2. The molecule has 0 aromatic carbocycles. The first-order valence-electron chi connectivity index (χ1n) is 6.10. The van der Waals surface area contributed by atoms with Crippen molar-refractivity contribution in [1.82, 2.24) is 9.55 Å². The highest BCUT2D eigenvalue weighted by Gasteiger charge is 2.36. The van der Waals surface area contributed by atoms with E-state index in [0.29, 0.717) is 6.42 Å². The first-order chi connectivity index (χ1) is 9.80. The highest BCUT2D eigenvalue weighted by atomic mass is 31.2. The summed E-state index contributed by atoms with van der Waals surface area (Å²) in [5, 5.41) is 0. The molecule has 3 N–H and O–H groups in total. The molecule has 10 heteroatoms. The number of phosphoric ester groups is 1.